The Morgan fingerprint density at radius 1 is 1.35 bits per heavy atom. The van der Waals surface area contributed by atoms with E-state index >= 15 is 0 Å². The molecular formula is C13H19N7. The molecule has 106 valence electrons. The van der Waals surface area contributed by atoms with Crippen molar-refractivity contribution in [2.24, 2.45) is 11.3 Å². The summed E-state index contributed by atoms with van der Waals surface area (Å²) in [5.41, 5.74) is 6.12. The minimum Gasteiger partial charge on any atom is -0.368 e. The molecule has 0 amide bonds. The van der Waals surface area contributed by atoms with Gasteiger partial charge in [-0.1, -0.05) is 13.8 Å². The molecule has 2 heterocycles. The van der Waals surface area contributed by atoms with Crippen molar-refractivity contribution >= 4 is 11.9 Å². The minimum absolute atomic E-state index is 0.197. The van der Waals surface area contributed by atoms with Crippen LogP contribution in [0.2, 0.25) is 0 Å². The molecule has 0 bridgehead atoms. The lowest BCUT2D eigenvalue weighted by atomic mass is 9.92. The molecule has 7 nitrogen and oxygen atoms in total. The molecule has 0 radical (unpaired) electrons. The van der Waals surface area contributed by atoms with E-state index in [1.165, 1.54) is 12.8 Å². The van der Waals surface area contributed by atoms with Gasteiger partial charge in [0.2, 0.25) is 11.9 Å². The number of nitrogen functional groups attached to an aromatic ring is 1. The molecule has 0 aromatic carbocycles. The fraction of sp³-hybridized carbons (Fsp3) is 0.538. The van der Waals surface area contributed by atoms with Gasteiger partial charge in [0, 0.05) is 18.9 Å². The lowest BCUT2D eigenvalue weighted by Crippen LogP contribution is -2.22. The summed E-state index contributed by atoms with van der Waals surface area (Å²) in [6, 6.07) is 1.81. The van der Waals surface area contributed by atoms with Crippen molar-refractivity contribution in [3.63, 3.8) is 0 Å². The summed E-state index contributed by atoms with van der Waals surface area (Å²) in [6.45, 7) is 5.38. The van der Waals surface area contributed by atoms with Crippen LogP contribution in [0.25, 0.3) is 5.95 Å². The molecule has 3 N–H and O–H groups in total. The standard InChI is InChI=1S/C13H19N7/c1-9(2)13(4-5-13)8-15-11-17-10(14)18-12(19-11)20-7-3-6-16-20/h3,6-7,9H,4-5,8H2,1-2H3,(H3,14,15,17,18,19). The Morgan fingerprint density at radius 3 is 2.75 bits per heavy atom. The van der Waals surface area contributed by atoms with Crippen LogP contribution < -0.4 is 11.1 Å². The molecule has 2 aromatic rings. The predicted octanol–water partition coefficient (Wildman–Crippen LogP) is 1.49. The number of anilines is 2. The van der Waals surface area contributed by atoms with Crippen LogP contribution in [0.15, 0.2) is 18.5 Å². The molecule has 0 unspecified atom stereocenters. The summed E-state index contributed by atoms with van der Waals surface area (Å²) < 4.78 is 1.57. The molecule has 0 spiro atoms. The van der Waals surface area contributed by atoms with Crippen LogP contribution in [0, 0.1) is 11.3 Å². The first-order valence-corrected chi connectivity index (χ1v) is 6.84. The second-order valence-corrected chi connectivity index (χ2v) is 5.64. The summed E-state index contributed by atoms with van der Waals surface area (Å²) in [6.07, 6.45) is 5.95. The summed E-state index contributed by atoms with van der Waals surface area (Å²) in [5, 5.41) is 7.39. The third-order valence-electron chi connectivity index (χ3n) is 4.07. The minimum atomic E-state index is 0.197. The van der Waals surface area contributed by atoms with Crippen LogP contribution in [0.4, 0.5) is 11.9 Å². The van der Waals surface area contributed by atoms with Gasteiger partial charge in [0.15, 0.2) is 0 Å². The van der Waals surface area contributed by atoms with E-state index in [1.807, 2.05) is 6.07 Å². The van der Waals surface area contributed by atoms with Gasteiger partial charge < -0.3 is 11.1 Å². The fourth-order valence-corrected chi connectivity index (χ4v) is 2.32. The summed E-state index contributed by atoms with van der Waals surface area (Å²) in [7, 11) is 0. The number of rotatable bonds is 5. The van der Waals surface area contributed by atoms with Crippen LogP contribution in [0.3, 0.4) is 0 Å². The van der Waals surface area contributed by atoms with E-state index in [0.717, 1.165) is 6.54 Å². The first-order valence-electron chi connectivity index (χ1n) is 6.84. The Hall–Kier alpha value is -2.18. The molecule has 1 aliphatic rings. The molecule has 1 saturated carbocycles. The Balaban J connectivity index is 1.77. The molecule has 7 heteroatoms. The van der Waals surface area contributed by atoms with Gasteiger partial charge in [-0.3, -0.25) is 0 Å². The zero-order chi connectivity index (χ0) is 14.2. The number of hydrogen-bond donors (Lipinski definition) is 2. The monoisotopic (exact) mass is 273 g/mol. The van der Waals surface area contributed by atoms with E-state index in [1.54, 1.807) is 17.1 Å². The van der Waals surface area contributed by atoms with Gasteiger partial charge >= 0.3 is 0 Å². The third-order valence-corrected chi connectivity index (χ3v) is 4.07. The van der Waals surface area contributed by atoms with Crippen LogP contribution >= 0.6 is 0 Å². The largest absolute Gasteiger partial charge is 0.368 e. The lowest BCUT2D eigenvalue weighted by molar-refractivity contribution is 0.379. The average molecular weight is 273 g/mol. The van der Waals surface area contributed by atoms with Crippen LogP contribution in [-0.2, 0) is 0 Å². The van der Waals surface area contributed by atoms with E-state index < -0.39 is 0 Å². The first kappa shape index (κ1) is 12.8. The highest BCUT2D eigenvalue weighted by Gasteiger charge is 2.45. The van der Waals surface area contributed by atoms with Crippen molar-refractivity contribution in [2.45, 2.75) is 26.7 Å². The van der Waals surface area contributed by atoms with E-state index in [9.17, 15) is 0 Å². The molecule has 0 atom stereocenters. The number of nitrogens with one attached hydrogen (secondary N) is 1. The molecule has 1 fully saturated rings. The van der Waals surface area contributed by atoms with Crippen molar-refractivity contribution in [1.29, 1.82) is 0 Å². The smallest absolute Gasteiger partial charge is 0.257 e. The van der Waals surface area contributed by atoms with Crippen molar-refractivity contribution in [3.8, 4) is 5.95 Å². The quantitative estimate of drug-likeness (QED) is 0.857. The van der Waals surface area contributed by atoms with Crippen LogP contribution in [0.1, 0.15) is 26.7 Å². The van der Waals surface area contributed by atoms with Gasteiger partial charge in [-0.15, -0.1) is 0 Å². The number of nitrogens with two attached hydrogens (primary N) is 1. The fourth-order valence-electron chi connectivity index (χ4n) is 2.32. The zero-order valence-electron chi connectivity index (χ0n) is 11.7. The number of hydrogen-bond acceptors (Lipinski definition) is 6. The van der Waals surface area contributed by atoms with E-state index in [4.69, 9.17) is 5.73 Å². The van der Waals surface area contributed by atoms with E-state index in [-0.39, 0.29) is 5.95 Å². The highest BCUT2D eigenvalue weighted by atomic mass is 15.4. The Kier molecular flexibility index (Phi) is 3.04. The van der Waals surface area contributed by atoms with E-state index in [2.05, 4.69) is 39.2 Å². The predicted molar refractivity (Wildman–Crippen MR) is 76.4 cm³/mol. The summed E-state index contributed by atoms with van der Waals surface area (Å²) in [5.74, 6) is 1.79. The van der Waals surface area contributed by atoms with E-state index in [0.29, 0.717) is 23.2 Å². The van der Waals surface area contributed by atoms with Gasteiger partial charge in [-0.2, -0.15) is 20.1 Å². The molecule has 20 heavy (non-hydrogen) atoms. The Labute approximate surface area is 117 Å². The Morgan fingerprint density at radius 2 is 2.15 bits per heavy atom. The molecule has 0 aliphatic heterocycles. The maximum atomic E-state index is 5.74. The maximum Gasteiger partial charge on any atom is 0.257 e. The average Bonchev–Trinajstić information content (AvgIpc) is 3.01. The van der Waals surface area contributed by atoms with Gasteiger partial charge in [0.25, 0.3) is 5.95 Å². The third kappa shape index (κ3) is 2.43. The number of nitrogens with zero attached hydrogens (tertiary/aromatic N) is 5. The highest BCUT2D eigenvalue weighted by molar-refractivity contribution is 5.35. The topological polar surface area (TPSA) is 94.5 Å². The highest BCUT2D eigenvalue weighted by Crippen LogP contribution is 2.51. The molecule has 1 aliphatic carbocycles. The van der Waals surface area contributed by atoms with Gasteiger partial charge in [0.1, 0.15) is 0 Å². The SMILES string of the molecule is CC(C)C1(CNc2nc(N)nc(-n3cccn3)n2)CC1. The molecule has 0 saturated heterocycles. The van der Waals surface area contributed by atoms with Crippen LogP contribution in [0.5, 0.6) is 0 Å². The van der Waals surface area contributed by atoms with Gasteiger partial charge in [0.05, 0.1) is 0 Å². The number of aromatic nitrogens is 5. The van der Waals surface area contributed by atoms with Crippen molar-refractivity contribution in [2.75, 3.05) is 17.6 Å². The van der Waals surface area contributed by atoms with Crippen LogP contribution in [-0.4, -0.2) is 31.3 Å². The molecular weight excluding hydrogens is 254 g/mol. The zero-order valence-corrected chi connectivity index (χ0v) is 11.7. The van der Waals surface area contributed by atoms with Gasteiger partial charge in [-0.25, -0.2) is 4.68 Å². The van der Waals surface area contributed by atoms with Crippen molar-refractivity contribution < 1.29 is 0 Å². The normalized spacial score (nSPS) is 16.4. The van der Waals surface area contributed by atoms with Crippen molar-refractivity contribution in [1.82, 2.24) is 24.7 Å². The summed E-state index contributed by atoms with van der Waals surface area (Å²) >= 11 is 0. The molecule has 3 rings (SSSR count). The van der Waals surface area contributed by atoms with Crippen molar-refractivity contribution in [3.05, 3.63) is 18.5 Å². The molecule has 2 aromatic heterocycles. The summed E-state index contributed by atoms with van der Waals surface area (Å²) in [4.78, 5) is 12.6. The first-order chi connectivity index (χ1) is 9.59. The lowest BCUT2D eigenvalue weighted by Gasteiger charge is -2.20. The second-order valence-electron chi connectivity index (χ2n) is 5.64. The Bertz CT molecular complexity index is 587. The van der Waals surface area contributed by atoms with Gasteiger partial charge in [-0.05, 0) is 30.2 Å². The second kappa shape index (κ2) is 4.73. The maximum absolute atomic E-state index is 5.74.